The van der Waals surface area contributed by atoms with Crippen LogP contribution >= 0.6 is 11.6 Å². The van der Waals surface area contributed by atoms with Crippen LogP contribution in [0.2, 0.25) is 5.02 Å². The van der Waals surface area contributed by atoms with Crippen molar-refractivity contribution >= 4 is 33.1 Å². The monoisotopic (exact) mass is 303 g/mol. The van der Waals surface area contributed by atoms with Crippen LogP contribution in [-0.4, -0.2) is 36.5 Å². The van der Waals surface area contributed by atoms with Gasteiger partial charge >= 0.3 is 5.97 Å². The van der Waals surface area contributed by atoms with E-state index in [0.717, 1.165) is 0 Å². The molecule has 5 nitrogen and oxygen atoms in total. The molecule has 104 valence electrons. The van der Waals surface area contributed by atoms with Gasteiger partial charge in [-0.1, -0.05) is 11.6 Å². The van der Waals surface area contributed by atoms with Crippen molar-refractivity contribution in [2.75, 3.05) is 16.8 Å². The Kier molecular flexibility index (Phi) is 3.73. The van der Waals surface area contributed by atoms with Crippen molar-refractivity contribution in [1.29, 1.82) is 0 Å². The van der Waals surface area contributed by atoms with Crippen LogP contribution in [0, 0.1) is 0 Å². The Hall–Kier alpha value is -1.27. The van der Waals surface area contributed by atoms with Crippen molar-refractivity contribution in [2.45, 2.75) is 18.4 Å². The van der Waals surface area contributed by atoms with E-state index in [9.17, 15) is 18.3 Å². The first kappa shape index (κ1) is 14.1. The molecule has 1 heterocycles. The predicted molar refractivity (Wildman–Crippen MR) is 73.3 cm³/mol. The summed E-state index contributed by atoms with van der Waals surface area (Å²) in [5, 5.41) is 12.8. The van der Waals surface area contributed by atoms with Gasteiger partial charge in [-0.2, -0.15) is 0 Å². The Morgan fingerprint density at radius 1 is 1.32 bits per heavy atom. The van der Waals surface area contributed by atoms with E-state index in [0.29, 0.717) is 17.1 Å². The number of anilines is 1. The smallest absolute Gasteiger partial charge is 0.330 e. The molecule has 1 aliphatic rings. The lowest BCUT2D eigenvalue weighted by Gasteiger charge is -2.34. The summed E-state index contributed by atoms with van der Waals surface area (Å²) >= 11 is 5.76. The molecule has 7 heteroatoms. The first-order valence-electron chi connectivity index (χ1n) is 5.81. The SMILES string of the molecule is O=C(O)C1(Nc2ccc(Cl)cc2)CCCS(=O)(=O)C1. The molecule has 1 atom stereocenters. The van der Waals surface area contributed by atoms with E-state index < -0.39 is 27.1 Å². The van der Waals surface area contributed by atoms with Crippen molar-refractivity contribution in [3.8, 4) is 0 Å². The summed E-state index contributed by atoms with van der Waals surface area (Å²) < 4.78 is 23.4. The average molecular weight is 304 g/mol. The zero-order valence-electron chi connectivity index (χ0n) is 10.1. The minimum atomic E-state index is -3.33. The van der Waals surface area contributed by atoms with Crippen molar-refractivity contribution in [3.05, 3.63) is 29.3 Å². The number of sulfone groups is 1. The van der Waals surface area contributed by atoms with Crippen LogP contribution in [0.4, 0.5) is 5.69 Å². The fraction of sp³-hybridized carbons (Fsp3) is 0.417. The summed E-state index contributed by atoms with van der Waals surface area (Å²) in [5.74, 6) is -1.49. The molecule has 1 saturated heterocycles. The van der Waals surface area contributed by atoms with Crippen LogP contribution in [0.1, 0.15) is 12.8 Å². The van der Waals surface area contributed by atoms with Crippen molar-refractivity contribution in [1.82, 2.24) is 0 Å². The summed E-state index contributed by atoms with van der Waals surface area (Å²) in [6.45, 7) is 0. The van der Waals surface area contributed by atoms with Crippen LogP contribution in [0.5, 0.6) is 0 Å². The second-order valence-electron chi connectivity index (χ2n) is 4.71. The lowest BCUT2D eigenvalue weighted by molar-refractivity contribution is -0.141. The van der Waals surface area contributed by atoms with Gasteiger partial charge in [-0.25, -0.2) is 13.2 Å². The molecular weight excluding hydrogens is 290 g/mol. The molecule has 2 rings (SSSR count). The summed E-state index contributed by atoms with van der Waals surface area (Å²) in [4.78, 5) is 11.5. The molecular formula is C12H14ClNO4S. The van der Waals surface area contributed by atoms with Gasteiger partial charge in [-0.05, 0) is 37.1 Å². The number of benzene rings is 1. The molecule has 0 saturated carbocycles. The highest BCUT2D eigenvalue weighted by molar-refractivity contribution is 7.91. The van der Waals surface area contributed by atoms with Crippen LogP contribution in [0.25, 0.3) is 0 Å². The molecule has 0 aliphatic carbocycles. The van der Waals surface area contributed by atoms with Gasteiger partial charge in [-0.3, -0.25) is 0 Å². The Bertz CT molecular complexity index is 584. The van der Waals surface area contributed by atoms with Gasteiger partial charge in [0.1, 0.15) is 5.54 Å². The van der Waals surface area contributed by atoms with Crippen molar-refractivity contribution in [3.63, 3.8) is 0 Å². The van der Waals surface area contributed by atoms with Crippen molar-refractivity contribution in [2.24, 2.45) is 0 Å². The van der Waals surface area contributed by atoms with E-state index in [-0.39, 0.29) is 12.2 Å². The lowest BCUT2D eigenvalue weighted by Crippen LogP contribution is -2.54. The number of carboxylic acid groups (broad SMARTS) is 1. The predicted octanol–water partition coefficient (Wildman–Crippen LogP) is 1.78. The van der Waals surface area contributed by atoms with Gasteiger partial charge in [0.05, 0.1) is 11.5 Å². The maximum Gasteiger partial charge on any atom is 0.330 e. The quantitative estimate of drug-likeness (QED) is 0.889. The number of hydrogen-bond acceptors (Lipinski definition) is 4. The summed E-state index contributed by atoms with van der Waals surface area (Å²) in [6, 6.07) is 6.51. The first-order valence-corrected chi connectivity index (χ1v) is 8.01. The van der Waals surface area contributed by atoms with Gasteiger partial charge in [0, 0.05) is 10.7 Å². The van der Waals surface area contributed by atoms with Crippen molar-refractivity contribution < 1.29 is 18.3 Å². The maximum absolute atomic E-state index is 11.7. The van der Waals surface area contributed by atoms with Gasteiger partial charge < -0.3 is 10.4 Å². The van der Waals surface area contributed by atoms with E-state index in [1.807, 2.05) is 0 Å². The number of rotatable bonds is 3. The third-order valence-corrected chi connectivity index (χ3v) is 5.26. The highest BCUT2D eigenvalue weighted by atomic mass is 35.5. The highest BCUT2D eigenvalue weighted by Crippen LogP contribution is 2.28. The van der Waals surface area contributed by atoms with E-state index in [1.54, 1.807) is 24.3 Å². The molecule has 1 aliphatic heterocycles. The zero-order valence-corrected chi connectivity index (χ0v) is 11.7. The molecule has 1 aromatic carbocycles. The Morgan fingerprint density at radius 3 is 2.47 bits per heavy atom. The maximum atomic E-state index is 11.7. The van der Waals surface area contributed by atoms with Crippen LogP contribution < -0.4 is 5.32 Å². The second kappa shape index (κ2) is 5.02. The van der Waals surface area contributed by atoms with E-state index in [4.69, 9.17) is 11.6 Å². The fourth-order valence-corrected chi connectivity index (χ4v) is 4.19. The summed E-state index contributed by atoms with van der Waals surface area (Å²) in [7, 11) is -3.33. The van der Waals surface area contributed by atoms with Gasteiger partial charge in [0.15, 0.2) is 9.84 Å². The van der Waals surface area contributed by atoms with Gasteiger partial charge in [0.2, 0.25) is 0 Å². The zero-order chi connectivity index (χ0) is 14.1. The topological polar surface area (TPSA) is 83.5 Å². The molecule has 2 N–H and O–H groups in total. The molecule has 0 aromatic heterocycles. The Balaban J connectivity index is 2.30. The molecule has 0 amide bonds. The molecule has 1 fully saturated rings. The molecule has 1 unspecified atom stereocenters. The molecule has 1 aromatic rings. The molecule has 0 bridgehead atoms. The van der Waals surface area contributed by atoms with Gasteiger partial charge in [0.25, 0.3) is 0 Å². The number of carbonyl (C=O) groups is 1. The number of nitrogens with one attached hydrogen (secondary N) is 1. The highest BCUT2D eigenvalue weighted by Gasteiger charge is 2.45. The largest absolute Gasteiger partial charge is 0.479 e. The summed E-state index contributed by atoms with van der Waals surface area (Å²) in [5.41, 5.74) is -0.908. The number of carboxylic acids is 1. The summed E-state index contributed by atoms with van der Waals surface area (Å²) in [6.07, 6.45) is 0.624. The third-order valence-electron chi connectivity index (χ3n) is 3.16. The van der Waals surface area contributed by atoms with E-state index in [2.05, 4.69) is 5.32 Å². The molecule has 19 heavy (non-hydrogen) atoms. The average Bonchev–Trinajstić information content (AvgIpc) is 2.31. The van der Waals surface area contributed by atoms with Crippen LogP contribution in [-0.2, 0) is 14.6 Å². The standard InChI is InChI=1S/C12H14ClNO4S/c13-9-2-4-10(5-3-9)14-12(11(15)16)6-1-7-19(17,18)8-12/h2-5,14H,1,6-8H2,(H,15,16). The number of hydrogen-bond donors (Lipinski definition) is 2. The Morgan fingerprint density at radius 2 is 1.95 bits per heavy atom. The number of halogens is 1. The minimum Gasteiger partial charge on any atom is -0.479 e. The second-order valence-corrected chi connectivity index (χ2v) is 7.34. The minimum absolute atomic E-state index is 0.0460. The van der Waals surface area contributed by atoms with E-state index in [1.165, 1.54) is 0 Å². The van der Waals surface area contributed by atoms with E-state index >= 15 is 0 Å². The Labute approximate surface area is 116 Å². The fourth-order valence-electron chi connectivity index (χ4n) is 2.24. The number of aliphatic carboxylic acids is 1. The third kappa shape index (κ3) is 3.19. The normalized spacial score (nSPS) is 25.7. The van der Waals surface area contributed by atoms with Gasteiger partial charge in [-0.15, -0.1) is 0 Å². The molecule has 0 radical (unpaired) electrons. The first-order chi connectivity index (χ1) is 8.83. The van der Waals surface area contributed by atoms with Crippen LogP contribution in [0.3, 0.4) is 0 Å². The molecule has 0 spiro atoms. The van der Waals surface area contributed by atoms with Crippen LogP contribution in [0.15, 0.2) is 24.3 Å². The lowest BCUT2D eigenvalue weighted by atomic mass is 9.95.